The van der Waals surface area contributed by atoms with E-state index >= 15 is 0 Å². The second-order valence-corrected chi connectivity index (χ2v) is 6.40. The van der Waals surface area contributed by atoms with Crippen LogP contribution in [0.5, 0.6) is 0 Å². The SMILES string of the molecule is CC1(C)OB(c2cn(I)nc2C(F)(F)F)OC1(C)C. The summed E-state index contributed by atoms with van der Waals surface area (Å²) in [7, 11) is -1.06. The van der Waals surface area contributed by atoms with Crippen molar-refractivity contribution in [3.8, 4) is 0 Å². The molecule has 1 aromatic heterocycles. The third kappa shape index (κ3) is 2.64. The average molecular weight is 388 g/mol. The Morgan fingerprint density at radius 2 is 1.68 bits per heavy atom. The summed E-state index contributed by atoms with van der Waals surface area (Å²) in [4.78, 5) is 0. The number of nitrogens with zero attached hydrogens (tertiary/aromatic N) is 2. The van der Waals surface area contributed by atoms with E-state index in [0.717, 1.165) is 2.90 Å². The highest BCUT2D eigenvalue weighted by atomic mass is 127. The summed E-state index contributed by atoms with van der Waals surface area (Å²) in [6, 6.07) is 0. The zero-order valence-corrected chi connectivity index (χ0v) is 13.0. The fraction of sp³-hybridized carbons (Fsp3) is 0.700. The molecule has 106 valence electrons. The number of hydrogen-bond acceptors (Lipinski definition) is 3. The van der Waals surface area contributed by atoms with E-state index in [1.165, 1.54) is 6.20 Å². The van der Waals surface area contributed by atoms with Crippen molar-refractivity contribution in [1.82, 2.24) is 7.99 Å². The van der Waals surface area contributed by atoms with E-state index in [4.69, 9.17) is 9.31 Å². The highest BCUT2D eigenvalue weighted by molar-refractivity contribution is 14.1. The summed E-state index contributed by atoms with van der Waals surface area (Å²) in [5, 5.41) is 3.44. The van der Waals surface area contributed by atoms with E-state index in [2.05, 4.69) is 5.10 Å². The molecule has 1 aliphatic rings. The van der Waals surface area contributed by atoms with Gasteiger partial charge in [0.25, 0.3) is 0 Å². The Kier molecular flexibility index (Phi) is 3.46. The molecular formula is C10H13BF3IN2O2. The van der Waals surface area contributed by atoms with Gasteiger partial charge in [-0.2, -0.15) is 18.3 Å². The van der Waals surface area contributed by atoms with Gasteiger partial charge in [0, 0.05) is 11.7 Å². The molecule has 1 aromatic rings. The van der Waals surface area contributed by atoms with Crippen LogP contribution in [0.2, 0.25) is 0 Å². The predicted molar refractivity (Wildman–Crippen MR) is 72.4 cm³/mol. The molecule has 1 aliphatic heterocycles. The largest absolute Gasteiger partial charge is 0.498 e. The maximum Gasteiger partial charge on any atom is 0.498 e. The lowest BCUT2D eigenvalue weighted by Crippen LogP contribution is -2.41. The molecule has 2 heterocycles. The quantitative estimate of drug-likeness (QED) is 0.548. The molecule has 1 fully saturated rings. The number of halogens is 4. The fourth-order valence-electron chi connectivity index (χ4n) is 1.72. The van der Waals surface area contributed by atoms with Crippen LogP contribution in [0, 0.1) is 0 Å². The maximum atomic E-state index is 12.9. The van der Waals surface area contributed by atoms with Crippen molar-refractivity contribution in [2.24, 2.45) is 0 Å². The average Bonchev–Trinajstić information content (AvgIpc) is 2.65. The Morgan fingerprint density at radius 1 is 1.21 bits per heavy atom. The molecule has 0 radical (unpaired) electrons. The van der Waals surface area contributed by atoms with Crippen molar-refractivity contribution in [2.75, 3.05) is 0 Å². The van der Waals surface area contributed by atoms with Crippen LogP contribution in [0.4, 0.5) is 13.2 Å². The van der Waals surface area contributed by atoms with Crippen molar-refractivity contribution in [1.29, 1.82) is 0 Å². The zero-order chi connectivity index (χ0) is 14.6. The summed E-state index contributed by atoms with van der Waals surface area (Å²) in [6.45, 7) is 7.15. The molecule has 0 aliphatic carbocycles. The van der Waals surface area contributed by atoms with Gasteiger partial charge in [0.05, 0.1) is 34.1 Å². The van der Waals surface area contributed by atoms with Crippen LogP contribution in [0.1, 0.15) is 33.4 Å². The molecule has 0 aromatic carbocycles. The maximum absolute atomic E-state index is 12.9. The van der Waals surface area contributed by atoms with E-state index in [9.17, 15) is 13.2 Å². The van der Waals surface area contributed by atoms with Crippen LogP contribution in [0.25, 0.3) is 0 Å². The first-order chi connectivity index (χ1) is 8.44. The number of hydrogen-bond donors (Lipinski definition) is 0. The molecule has 2 rings (SSSR count). The minimum absolute atomic E-state index is 0.0967. The third-order valence-corrected chi connectivity index (χ3v) is 3.98. The second kappa shape index (κ2) is 4.35. The molecule has 19 heavy (non-hydrogen) atoms. The molecule has 0 spiro atoms. The highest BCUT2D eigenvalue weighted by Gasteiger charge is 2.54. The van der Waals surface area contributed by atoms with E-state index in [0.29, 0.717) is 0 Å². The molecule has 0 atom stereocenters. The molecule has 4 nitrogen and oxygen atoms in total. The summed E-state index contributed by atoms with van der Waals surface area (Å²) >= 11 is 1.66. The molecule has 0 bridgehead atoms. The molecular weight excluding hydrogens is 375 g/mol. The minimum Gasteiger partial charge on any atom is -0.399 e. The van der Waals surface area contributed by atoms with Crippen LogP contribution in [-0.2, 0) is 15.5 Å². The van der Waals surface area contributed by atoms with Crippen molar-refractivity contribution in [2.45, 2.75) is 45.1 Å². The summed E-state index contributed by atoms with van der Waals surface area (Å²) in [6.07, 6.45) is -3.26. The lowest BCUT2D eigenvalue weighted by atomic mass is 9.79. The summed E-state index contributed by atoms with van der Waals surface area (Å²) in [5.41, 5.74) is -2.44. The normalized spacial score (nSPS) is 22.0. The Hall–Kier alpha value is -0.285. The van der Waals surface area contributed by atoms with Crippen LogP contribution in [0.15, 0.2) is 6.20 Å². The van der Waals surface area contributed by atoms with E-state index in [-0.39, 0.29) is 5.46 Å². The van der Waals surface area contributed by atoms with Crippen molar-refractivity contribution >= 4 is 35.4 Å². The lowest BCUT2D eigenvalue weighted by Gasteiger charge is -2.32. The van der Waals surface area contributed by atoms with E-state index in [1.54, 1.807) is 50.6 Å². The molecule has 0 unspecified atom stereocenters. The van der Waals surface area contributed by atoms with Gasteiger partial charge in [-0.25, -0.2) is 2.90 Å². The van der Waals surface area contributed by atoms with Crippen LogP contribution >= 0.6 is 22.9 Å². The van der Waals surface area contributed by atoms with Crippen molar-refractivity contribution < 1.29 is 22.5 Å². The molecule has 0 amide bonds. The van der Waals surface area contributed by atoms with Gasteiger partial charge in [-0.15, -0.1) is 0 Å². The van der Waals surface area contributed by atoms with Crippen molar-refractivity contribution in [3.05, 3.63) is 11.9 Å². The standard InChI is InChI=1S/C10H13BF3IN2O2/c1-8(2)9(3,4)19-11(18-8)6-5-17(15)16-7(6)10(12,13)14/h5H,1-4H3. The molecule has 0 saturated carbocycles. The Bertz CT molecular complexity index is 485. The highest BCUT2D eigenvalue weighted by Crippen LogP contribution is 2.37. The van der Waals surface area contributed by atoms with Gasteiger partial charge in [0.1, 0.15) is 0 Å². The first kappa shape index (κ1) is 15.1. The lowest BCUT2D eigenvalue weighted by molar-refractivity contribution is -0.140. The minimum atomic E-state index is -4.53. The molecule has 0 N–H and O–H groups in total. The van der Waals surface area contributed by atoms with E-state index in [1.807, 2.05) is 0 Å². The van der Waals surface area contributed by atoms with Gasteiger partial charge in [-0.1, -0.05) is 0 Å². The second-order valence-electron chi connectivity index (χ2n) is 5.41. The summed E-state index contributed by atoms with van der Waals surface area (Å²) in [5.74, 6) is 0. The van der Waals surface area contributed by atoms with Gasteiger partial charge in [0.2, 0.25) is 0 Å². The monoisotopic (exact) mass is 388 g/mol. The zero-order valence-electron chi connectivity index (χ0n) is 10.9. The third-order valence-electron chi connectivity index (χ3n) is 3.49. The fourth-order valence-corrected chi connectivity index (χ4v) is 2.24. The van der Waals surface area contributed by atoms with Gasteiger partial charge in [-0.3, -0.25) is 0 Å². The van der Waals surface area contributed by atoms with Crippen molar-refractivity contribution in [3.63, 3.8) is 0 Å². The Balaban J connectivity index is 2.40. The molecule has 9 heteroatoms. The van der Waals surface area contributed by atoms with Crippen LogP contribution in [0.3, 0.4) is 0 Å². The van der Waals surface area contributed by atoms with E-state index < -0.39 is 30.2 Å². The predicted octanol–water partition coefficient (Wildman–Crippen LogP) is 2.40. The smallest absolute Gasteiger partial charge is 0.399 e. The van der Waals surface area contributed by atoms with Gasteiger partial charge in [-0.05, 0) is 27.7 Å². The number of aromatic nitrogens is 2. The van der Waals surface area contributed by atoms with Gasteiger partial charge in [0.15, 0.2) is 5.69 Å². The topological polar surface area (TPSA) is 36.3 Å². The Labute approximate surface area is 123 Å². The first-order valence-corrected chi connectivity index (χ1v) is 6.59. The van der Waals surface area contributed by atoms with Gasteiger partial charge >= 0.3 is 13.3 Å². The first-order valence-electron chi connectivity index (χ1n) is 5.62. The molecule has 1 saturated heterocycles. The summed E-state index contributed by atoms with van der Waals surface area (Å²) < 4.78 is 51.1. The number of rotatable bonds is 1. The number of alkyl halides is 3. The van der Waals surface area contributed by atoms with Crippen LogP contribution in [-0.4, -0.2) is 26.3 Å². The van der Waals surface area contributed by atoms with Gasteiger partial charge < -0.3 is 9.31 Å². The van der Waals surface area contributed by atoms with Crippen LogP contribution < -0.4 is 5.46 Å². The Morgan fingerprint density at radius 3 is 2.11 bits per heavy atom.